The van der Waals surface area contributed by atoms with Crippen molar-refractivity contribution in [2.75, 3.05) is 19.7 Å². The highest BCUT2D eigenvalue weighted by atomic mass is 16.5. The first-order chi connectivity index (χ1) is 11.7. The minimum atomic E-state index is 0.0905. The van der Waals surface area contributed by atoms with Gasteiger partial charge in [-0.05, 0) is 43.1 Å². The Morgan fingerprint density at radius 1 is 1.17 bits per heavy atom. The van der Waals surface area contributed by atoms with Crippen LogP contribution in [-0.4, -0.2) is 36.5 Å². The number of carbonyl (C=O) groups excluding carboxylic acids is 1. The highest BCUT2D eigenvalue weighted by Crippen LogP contribution is 2.48. The van der Waals surface area contributed by atoms with Crippen molar-refractivity contribution in [3.05, 3.63) is 35.9 Å². The Bertz CT molecular complexity index is 574. The van der Waals surface area contributed by atoms with Crippen molar-refractivity contribution in [3.8, 4) is 0 Å². The van der Waals surface area contributed by atoms with Gasteiger partial charge in [0.1, 0.15) is 0 Å². The van der Waals surface area contributed by atoms with Crippen LogP contribution in [0.4, 0.5) is 0 Å². The molecule has 2 bridgehead atoms. The van der Waals surface area contributed by atoms with E-state index in [-0.39, 0.29) is 12.0 Å². The lowest BCUT2D eigenvalue weighted by Gasteiger charge is -2.30. The number of nitrogens with zero attached hydrogens (tertiary/aromatic N) is 1. The molecule has 3 fully saturated rings. The Kier molecular flexibility index (Phi) is 4.59. The molecule has 2 saturated carbocycles. The molecule has 130 valence electrons. The van der Waals surface area contributed by atoms with Crippen LogP contribution in [-0.2, 0) is 16.1 Å². The first-order valence-corrected chi connectivity index (χ1v) is 9.38. The Morgan fingerprint density at radius 3 is 2.71 bits per heavy atom. The van der Waals surface area contributed by atoms with E-state index in [1.165, 1.54) is 24.8 Å². The average molecular weight is 328 g/mol. The largest absolute Gasteiger partial charge is 0.376 e. The number of hydrogen-bond acceptors (Lipinski definition) is 3. The van der Waals surface area contributed by atoms with E-state index < -0.39 is 0 Å². The second kappa shape index (κ2) is 6.85. The number of nitrogens with two attached hydrogens (primary N) is 1. The molecule has 0 aromatic heterocycles. The maximum atomic E-state index is 12.9. The van der Waals surface area contributed by atoms with Gasteiger partial charge in [-0.25, -0.2) is 0 Å². The van der Waals surface area contributed by atoms with E-state index in [0.29, 0.717) is 30.3 Å². The van der Waals surface area contributed by atoms with Crippen LogP contribution < -0.4 is 5.73 Å². The maximum absolute atomic E-state index is 12.9. The number of hydrogen-bond donors (Lipinski definition) is 1. The van der Waals surface area contributed by atoms with Crippen LogP contribution in [0.5, 0.6) is 0 Å². The third kappa shape index (κ3) is 3.09. The molecule has 0 spiro atoms. The Morgan fingerprint density at radius 2 is 1.96 bits per heavy atom. The van der Waals surface area contributed by atoms with Crippen molar-refractivity contribution in [1.82, 2.24) is 4.90 Å². The summed E-state index contributed by atoms with van der Waals surface area (Å²) < 4.78 is 5.86. The Labute approximate surface area is 144 Å². The van der Waals surface area contributed by atoms with Crippen LogP contribution in [0, 0.1) is 23.7 Å². The predicted octanol–water partition coefficient (Wildman–Crippen LogP) is 2.43. The van der Waals surface area contributed by atoms with Gasteiger partial charge in [-0.1, -0.05) is 30.3 Å². The maximum Gasteiger partial charge on any atom is 0.227 e. The van der Waals surface area contributed by atoms with Crippen LogP contribution in [0.1, 0.15) is 31.2 Å². The molecule has 24 heavy (non-hydrogen) atoms. The molecular formula is C20H28N2O2. The highest BCUT2D eigenvalue weighted by Gasteiger charge is 2.50. The molecule has 3 aliphatic rings. The third-order valence-electron chi connectivity index (χ3n) is 6.33. The summed E-state index contributed by atoms with van der Waals surface area (Å²) in [5.74, 6) is 2.02. The topological polar surface area (TPSA) is 55.6 Å². The van der Waals surface area contributed by atoms with Gasteiger partial charge in [0.15, 0.2) is 0 Å². The fourth-order valence-corrected chi connectivity index (χ4v) is 5.00. The van der Waals surface area contributed by atoms with Gasteiger partial charge in [-0.15, -0.1) is 0 Å². The van der Waals surface area contributed by atoms with Crippen molar-refractivity contribution in [3.63, 3.8) is 0 Å². The molecule has 4 rings (SSSR count). The van der Waals surface area contributed by atoms with Gasteiger partial charge in [-0.3, -0.25) is 4.79 Å². The third-order valence-corrected chi connectivity index (χ3v) is 6.33. The van der Waals surface area contributed by atoms with Crippen LogP contribution in [0.25, 0.3) is 0 Å². The summed E-state index contributed by atoms with van der Waals surface area (Å²) in [5, 5.41) is 0. The second-order valence-corrected chi connectivity index (χ2v) is 7.88. The summed E-state index contributed by atoms with van der Waals surface area (Å²) >= 11 is 0. The number of benzene rings is 1. The molecule has 5 atom stereocenters. The zero-order valence-electron chi connectivity index (χ0n) is 14.3. The fourth-order valence-electron chi connectivity index (χ4n) is 5.00. The summed E-state index contributed by atoms with van der Waals surface area (Å²) in [6.45, 7) is 3.11. The molecule has 4 nitrogen and oxygen atoms in total. The van der Waals surface area contributed by atoms with Crippen molar-refractivity contribution in [1.29, 1.82) is 0 Å². The van der Waals surface area contributed by atoms with Gasteiger partial charge >= 0.3 is 0 Å². The Hall–Kier alpha value is -1.39. The van der Waals surface area contributed by atoms with E-state index in [1.807, 2.05) is 18.2 Å². The van der Waals surface area contributed by atoms with Gasteiger partial charge in [0, 0.05) is 25.0 Å². The molecule has 0 radical (unpaired) electrons. The summed E-state index contributed by atoms with van der Waals surface area (Å²) in [5.41, 5.74) is 7.54. The monoisotopic (exact) mass is 328 g/mol. The first-order valence-electron chi connectivity index (χ1n) is 9.38. The quantitative estimate of drug-likeness (QED) is 0.903. The average Bonchev–Trinajstić information content (AvgIpc) is 3.31. The van der Waals surface area contributed by atoms with Gasteiger partial charge in [0.2, 0.25) is 5.91 Å². The molecule has 2 aliphatic carbocycles. The molecule has 1 heterocycles. The minimum Gasteiger partial charge on any atom is -0.376 e. The van der Waals surface area contributed by atoms with Crippen LogP contribution >= 0.6 is 0 Å². The van der Waals surface area contributed by atoms with Crippen molar-refractivity contribution in [2.24, 2.45) is 29.4 Å². The molecule has 1 aliphatic heterocycles. The lowest BCUT2D eigenvalue weighted by Crippen LogP contribution is -2.46. The van der Waals surface area contributed by atoms with Crippen molar-refractivity contribution in [2.45, 2.75) is 38.3 Å². The molecule has 4 heteroatoms. The fraction of sp³-hybridized carbons (Fsp3) is 0.650. The number of likely N-dealkylation sites (tertiary alicyclic amines) is 1. The van der Waals surface area contributed by atoms with Gasteiger partial charge in [0.05, 0.1) is 19.1 Å². The molecular weight excluding hydrogens is 300 g/mol. The zero-order valence-corrected chi connectivity index (χ0v) is 14.3. The lowest BCUT2D eigenvalue weighted by molar-refractivity contribution is -0.136. The summed E-state index contributed by atoms with van der Waals surface area (Å²) in [6.07, 6.45) is 4.66. The van der Waals surface area contributed by atoms with Crippen molar-refractivity contribution < 1.29 is 9.53 Å². The molecule has 1 amide bonds. The number of amides is 1. The highest BCUT2D eigenvalue weighted by molar-refractivity contribution is 5.81. The molecule has 1 aromatic carbocycles. The molecule has 2 N–H and O–H groups in total. The summed E-state index contributed by atoms with van der Waals surface area (Å²) in [4.78, 5) is 15.0. The molecule has 1 aromatic rings. The van der Waals surface area contributed by atoms with Crippen LogP contribution in [0.15, 0.2) is 30.3 Å². The molecule has 5 unspecified atom stereocenters. The van der Waals surface area contributed by atoms with Crippen LogP contribution in [0.3, 0.4) is 0 Å². The summed E-state index contributed by atoms with van der Waals surface area (Å²) in [6, 6.07) is 10.4. The first kappa shape index (κ1) is 16.1. The minimum absolute atomic E-state index is 0.0905. The van der Waals surface area contributed by atoms with E-state index in [4.69, 9.17) is 10.5 Å². The Balaban J connectivity index is 1.25. The number of ether oxygens (including phenoxy) is 1. The second-order valence-electron chi connectivity index (χ2n) is 7.88. The zero-order chi connectivity index (χ0) is 16.5. The van der Waals surface area contributed by atoms with Crippen LogP contribution in [0.2, 0.25) is 0 Å². The van der Waals surface area contributed by atoms with Gasteiger partial charge in [0.25, 0.3) is 0 Å². The predicted molar refractivity (Wildman–Crippen MR) is 93.1 cm³/mol. The SMILES string of the molecule is NC1C2CCC(C2)C1C(=O)N1CCC(COCc2ccccc2)C1. The smallest absolute Gasteiger partial charge is 0.227 e. The number of carbonyl (C=O) groups is 1. The van der Waals surface area contributed by atoms with E-state index in [2.05, 4.69) is 17.0 Å². The van der Waals surface area contributed by atoms with E-state index in [9.17, 15) is 4.79 Å². The van der Waals surface area contributed by atoms with E-state index >= 15 is 0 Å². The number of fused-ring (bicyclic) bond motifs is 2. The van der Waals surface area contributed by atoms with E-state index in [1.54, 1.807) is 0 Å². The summed E-state index contributed by atoms with van der Waals surface area (Å²) in [7, 11) is 0. The molecule has 1 saturated heterocycles. The van der Waals surface area contributed by atoms with Crippen molar-refractivity contribution >= 4 is 5.91 Å². The lowest BCUT2D eigenvalue weighted by atomic mass is 9.84. The van der Waals surface area contributed by atoms with E-state index in [0.717, 1.165) is 26.1 Å². The van der Waals surface area contributed by atoms with Gasteiger partial charge in [-0.2, -0.15) is 0 Å². The normalized spacial score (nSPS) is 34.9. The number of rotatable bonds is 5. The van der Waals surface area contributed by atoms with Gasteiger partial charge < -0.3 is 15.4 Å². The standard InChI is InChI=1S/C20H28N2O2/c21-19-17-7-6-16(10-17)18(19)20(23)22-9-8-15(11-22)13-24-12-14-4-2-1-3-5-14/h1-5,15-19H,6-13,21H2.